The second-order valence-corrected chi connectivity index (χ2v) is 18.3. The molecule has 1 N–H and O–H groups in total. The monoisotopic (exact) mass is 777 g/mol. The van der Waals surface area contributed by atoms with Crippen LogP contribution in [0, 0.1) is 33.4 Å². The molecule has 6 aliphatic heterocycles. The van der Waals surface area contributed by atoms with Crippen molar-refractivity contribution in [2.24, 2.45) is 27.6 Å². The highest BCUT2D eigenvalue weighted by atomic mass is 32.1. The third-order valence-electron chi connectivity index (χ3n) is 13.9. The summed E-state index contributed by atoms with van der Waals surface area (Å²) < 4.78 is 75.6. The Labute approximate surface area is 315 Å². The third kappa shape index (κ3) is 6.08. The quantitative estimate of drug-likeness (QED) is 0.370. The van der Waals surface area contributed by atoms with Crippen molar-refractivity contribution in [3.63, 3.8) is 0 Å². The molecule has 0 radical (unpaired) electrons. The molecule has 2 spiro atoms. The topological polar surface area (TPSA) is 114 Å². The molecule has 3 amide bonds. The summed E-state index contributed by atoms with van der Waals surface area (Å²) in [5.74, 6) is -2.94. The van der Waals surface area contributed by atoms with Gasteiger partial charge in [0.2, 0.25) is 17.7 Å². The van der Waals surface area contributed by atoms with Crippen LogP contribution < -0.4 is 10.2 Å². The lowest BCUT2D eigenvalue weighted by molar-refractivity contribution is -0.205. The van der Waals surface area contributed by atoms with Crippen LogP contribution in [0.1, 0.15) is 58.3 Å². The molecular formula is C38H47F4N5O6S. The number of likely N-dealkylation sites (tertiary alicyclic amines) is 2. The summed E-state index contributed by atoms with van der Waals surface area (Å²) in [5.41, 5.74) is -0.710. The number of anilines is 1. The lowest BCUT2D eigenvalue weighted by Gasteiger charge is -2.51. The van der Waals surface area contributed by atoms with Gasteiger partial charge in [-0.3, -0.25) is 14.4 Å². The summed E-state index contributed by atoms with van der Waals surface area (Å²) in [7, 11) is 0. The van der Waals surface area contributed by atoms with E-state index in [1.165, 1.54) is 28.4 Å². The highest BCUT2D eigenvalue weighted by molar-refractivity contribution is 7.17. The zero-order valence-corrected chi connectivity index (χ0v) is 31.2. The van der Waals surface area contributed by atoms with Gasteiger partial charge >= 0.3 is 6.18 Å². The van der Waals surface area contributed by atoms with E-state index in [1.54, 1.807) is 17.3 Å². The Morgan fingerprint density at radius 2 is 1.74 bits per heavy atom. The molecule has 3 atom stereocenters. The number of halogens is 4. The van der Waals surface area contributed by atoms with Crippen molar-refractivity contribution in [3.05, 3.63) is 23.5 Å². The standard InChI is InChI=1S/C38H47F4N5O6S/c1-23(52-20-34-4-2-25(3-5-34)53-21-34)29(32(49)45-10-8-35(9-11-45)18-51-19-35)44-31(48)26-14-46(28-13-24(39)12-27-30(28)54-22-43-27)15-36(26)16-47(17-36)33(50)37(6-7-37)38(40,41)42/h12-13,22-23,25-26,29H,2-11,14-21H2,1H3,(H,44,48)/t23-,25?,26+,29+,34?/m1/s1. The highest BCUT2D eigenvalue weighted by Gasteiger charge is 2.71. The number of alkyl halides is 3. The van der Waals surface area contributed by atoms with E-state index >= 15 is 0 Å². The fourth-order valence-electron chi connectivity index (χ4n) is 10.0. The predicted octanol–water partition coefficient (Wildman–Crippen LogP) is 4.53. The molecule has 8 fully saturated rings. The fraction of sp³-hybridized carbons (Fsp3) is 0.737. The number of carbonyl (C=O) groups excluding carboxylic acids is 3. The smallest absolute Gasteiger partial charge is 0.380 e. The average Bonchev–Trinajstić information content (AvgIpc) is 3.68. The Kier molecular flexibility index (Phi) is 8.79. The normalized spacial score (nSPS) is 30.3. The number of benzene rings is 1. The van der Waals surface area contributed by atoms with Gasteiger partial charge in [-0.25, -0.2) is 9.37 Å². The van der Waals surface area contributed by atoms with Gasteiger partial charge in [0.25, 0.3) is 0 Å². The van der Waals surface area contributed by atoms with Crippen LogP contribution >= 0.6 is 11.3 Å². The van der Waals surface area contributed by atoms with Crippen LogP contribution in [0.2, 0.25) is 0 Å². The van der Waals surface area contributed by atoms with E-state index in [-0.39, 0.29) is 55.8 Å². The lowest BCUT2D eigenvalue weighted by atomic mass is 9.70. The Hall–Kier alpha value is -3.08. The van der Waals surface area contributed by atoms with Gasteiger partial charge in [0, 0.05) is 61.6 Å². The SMILES string of the molecule is C[C@@H](OCC12CCC(CC1)OC2)[C@H](NC(=O)[C@@H]1CN(c2cc(F)cc3ncsc23)CC12CN(C(=O)C1(C(F)(F)F)CC1)C2)C(=O)N1CCC2(CC1)COC2. The summed E-state index contributed by atoms with van der Waals surface area (Å²) in [6.07, 6.45) is -0.0415. The Bertz CT molecular complexity index is 1790. The summed E-state index contributed by atoms with van der Waals surface area (Å²) in [6, 6.07) is 1.70. The van der Waals surface area contributed by atoms with Gasteiger partial charge in [-0.15, -0.1) is 11.3 Å². The number of nitrogens with one attached hydrogen (secondary N) is 1. The molecule has 294 valence electrons. The number of hydrogen-bond donors (Lipinski definition) is 1. The summed E-state index contributed by atoms with van der Waals surface area (Å²) in [5, 5.41) is 3.08. The van der Waals surface area contributed by atoms with E-state index in [0.29, 0.717) is 56.8 Å². The van der Waals surface area contributed by atoms with E-state index in [2.05, 4.69) is 10.3 Å². The van der Waals surface area contributed by atoms with Crippen molar-refractivity contribution >= 4 is 45.0 Å². The molecule has 1 aromatic carbocycles. The summed E-state index contributed by atoms with van der Waals surface area (Å²) in [6.45, 7) is 5.47. The highest BCUT2D eigenvalue weighted by Crippen LogP contribution is 2.60. The number of rotatable bonds is 9. The van der Waals surface area contributed by atoms with Crippen LogP contribution in [-0.2, 0) is 28.6 Å². The molecule has 6 saturated heterocycles. The molecular weight excluding hydrogens is 731 g/mol. The van der Waals surface area contributed by atoms with Gasteiger partial charge < -0.3 is 34.2 Å². The first kappa shape index (κ1) is 36.6. The summed E-state index contributed by atoms with van der Waals surface area (Å²) in [4.78, 5) is 51.6. The third-order valence-corrected chi connectivity index (χ3v) is 14.8. The molecule has 0 unspecified atom stereocenters. The van der Waals surface area contributed by atoms with E-state index < -0.39 is 52.7 Å². The number of fused-ring (bicyclic) bond motifs is 4. The van der Waals surface area contributed by atoms with Gasteiger partial charge in [-0.2, -0.15) is 13.2 Å². The minimum atomic E-state index is -4.66. The number of amides is 3. The van der Waals surface area contributed by atoms with Crippen molar-refractivity contribution in [2.75, 3.05) is 70.6 Å². The van der Waals surface area contributed by atoms with Crippen molar-refractivity contribution in [1.82, 2.24) is 20.1 Å². The maximum absolute atomic E-state index is 14.9. The average molecular weight is 778 g/mol. The number of nitrogens with zero attached hydrogens (tertiary/aromatic N) is 4. The van der Waals surface area contributed by atoms with Crippen LogP contribution in [-0.4, -0.2) is 123 Å². The van der Waals surface area contributed by atoms with Gasteiger partial charge in [0.05, 0.1) is 66.0 Å². The maximum Gasteiger partial charge on any atom is 0.403 e. The number of ether oxygens (including phenoxy) is 3. The first-order chi connectivity index (χ1) is 25.7. The summed E-state index contributed by atoms with van der Waals surface area (Å²) >= 11 is 1.33. The molecule has 2 bridgehead atoms. The van der Waals surface area contributed by atoms with Gasteiger partial charge in [-0.05, 0) is 64.4 Å². The van der Waals surface area contributed by atoms with Gasteiger partial charge in [-0.1, -0.05) is 0 Å². The predicted molar refractivity (Wildman–Crippen MR) is 189 cm³/mol. The number of carbonyl (C=O) groups is 3. The number of piperidine rings is 1. The van der Waals surface area contributed by atoms with E-state index in [4.69, 9.17) is 14.2 Å². The van der Waals surface area contributed by atoms with Crippen LogP contribution in [0.5, 0.6) is 0 Å². The van der Waals surface area contributed by atoms with Gasteiger partial charge in [0.1, 0.15) is 17.3 Å². The largest absolute Gasteiger partial charge is 0.403 e. The number of aromatic nitrogens is 1. The molecule has 2 aromatic rings. The molecule has 1 aromatic heterocycles. The lowest BCUT2D eigenvalue weighted by Crippen LogP contribution is -2.67. The Morgan fingerprint density at radius 3 is 2.35 bits per heavy atom. The van der Waals surface area contributed by atoms with Crippen molar-refractivity contribution in [2.45, 2.75) is 82.7 Å². The maximum atomic E-state index is 14.9. The van der Waals surface area contributed by atoms with Crippen LogP contribution in [0.4, 0.5) is 23.2 Å². The van der Waals surface area contributed by atoms with Crippen molar-refractivity contribution in [3.8, 4) is 0 Å². The first-order valence-electron chi connectivity index (χ1n) is 19.3. The fourth-order valence-corrected chi connectivity index (χ4v) is 10.8. The van der Waals surface area contributed by atoms with E-state index in [9.17, 15) is 31.9 Å². The van der Waals surface area contributed by atoms with Crippen LogP contribution in [0.25, 0.3) is 10.2 Å². The van der Waals surface area contributed by atoms with Crippen molar-refractivity contribution < 1.29 is 46.2 Å². The van der Waals surface area contributed by atoms with Crippen LogP contribution in [0.3, 0.4) is 0 Å². The van der Waals surface area contributed by atoms with E-state index in [1.807, 2.05) is 4.90 Å². The molecule has 2 aliphatic carbocycles. The second kappa shape index (κ2) is 13.0. The molecule has 8 aliphatic rings. The van der Waals surface area contributed by atoms with E-state index in [0.717, 1.165) is 43.2 Å². The molecule has 2 saturated carbocycles. The zero-order chi connectivity index (χ0) is 37.7. The minimum absolute atomic E-state index is 0.0517. The van der Waals surface area contributed by atoms with Gasteiger partial charge in [0.15, 0.2) is 0 Å². The second-order valence-electron chi connectivity index (χ2n) is 17.5. The Balaban J connectivity index is 0.977. The molecule has 54 heavy (non-hydrogen) atoms. The molecule has 7 heterocycles. The van der Waals surface area contributed by atoms with Crippen molar-refractivity contribution in [1.29, 1.82) is 0 Å². The number of hydrogen-bond acceptors (Lipinski definition) is 9. The molecule has 16 heteroatoms. The first-order valence-corrected chi connectivity index (χ1v) is 20.2. The number of thiazole rings is 1. The van der Waals surface area contributed by atoms with Crippen LogP contribution in [0.15, 0.2) is 17.6 Å². The molecule has 11 nitrogen and oxygen atoms in total. The Morgan fingerprint density at radius 1 is 1.02 bits per heavy atom. The zero-order valence-electron chi connectivity index (χ0n) is 30.4. The minimum Gasteiger partial charge on any atom is -0.380 e. The molecule has 10 rings (SSSR count).